The van der Waals surface area contributed by atoms with Gasteiger partial charge in [-0.25, -0.2) is 0 Å². The van der Waals surface area contributed by atoms with E-state index in [9.17, 15) is 5.11 Å². The van der Waals surface area contributed by atoms with Crippen molar-refractivity contribution in [2.75, 3.05) is 26.2 Å². The van der Waals surface area contributed by atoms with Crippen molar-refractivity contribution in [1.29, 1.82) is 0 Å². The molecule has 0 amide bonds. The van der Waals surface area contributed by atoms with Crippen LogP contribution in [0.5, 0.6) is 0 Å². The Morgan fingerprint density at radius 3 is 2.33 bits per heavy atom. The SMILES string of the molecule is CCNC(=NCC1(CCO)CCCCC1)NCC1(C2CC2)CC1.I. The molecule has 0 aromatic heterocycles. The Morgan fingerprint density at radius 1 is 1.08 bits per heavy atom. The van der Waals surface area contributed by atoms with Crippen LogP contribution in [0.3, 0.4) is 0 Å². The Bertz CT molecular complexity index is 407. The van der Waals surface area contributed by atoms with E-state index in [0.29, 0.717) is 12.0 Å². The van der Waals surface area contributed by atoms with E-state index in [1.165, 1.54) is 57.8 Å². The van der Waals surface area contributed by atoms with Crippen molar-refractivity contribution in [2.24, 2.45) is 21.7 Å². The Hall–Kier alpha value is -0.0400. The average Bonchev–Trinajstić information content (AvgIpc) is 3.45. The number of nitrogens with zero attached hydrogens (tertiary/aromatic N) is 1. The maximum atomic E-state index is 9.46. The van der Waals surface area contributed by atoms with Crippen LogP contribution in [0.2, 0.25) is 0 Å². The van der Waals surface area contributed by atoms with E-state index in [2.05, 4.69) is 17.6 Å². The molecule has 0 aliphatic heterocycles. The number of nitrogens with one attached hydrogen (secondary N) is 2. The second-order valence-corrected chi connectivity index (χ2v) is 8.22. The summed E-state index contributed by atoms with van der Waals surface area (Å²) in [6, 6.07) is 0. The van der Waals surface area contributed by atoms with E-state index in [0.717, 1.165) is 37.9 Å². The van der Waals surface area contributed by atoms with Crippen LogP contribution in [0, 0.1) is 16.7 Å². The van der Waals surface area contributed by atoms with Gasteiger partial charge in [0.2, 0.25) is 0 Å². The number of aliphatic hydroxyl groups is 1. The van der Waals surface area contributed by atoms with Gasteiger partial charge >= 0.3 is 0 Å². The van der Waals surface area contributed by atoms with Crippen molar-refractivity contribution in [1.82, 2.24) is 10.6 Å². The Morgan fingerprint density at radius 2 is 1.79 bits per heavy atom. The molecule has 5 heteroatoms. The molecule has 3 aliphatic rings. The molecule has 3 rings (SSSR count). The number of guanidine groups is 1. The van der Waals surface area contributed by atoms with E-state index in [1.54, 1.807) is 0 Å². The molecule has 0 radical (unpaired) electrons. The zero-order chi connectivity index (χ0) is 16.2. The number of hydrogen-bond acceptors (Lipinski definition) is 2. The quantitative estimate of drug-likeness (QED) is 0.301. The highest BCUT2D eigenvalue weighted by Gasteiger charge is 2.53. The number of aliphatic hydroxyl groups excluding tert-OH is 1. The van der Waals surface area contributed by atoms with Crippen molar-refractivity contribution in [3.8, 4) is 0 Å². The zero-order valence-corrected chi connectivity index (χ0v) is 17.6. The first-order chi connectivity index (χ1) is 11.2. The van der Waals surface area contributed by atoms with E-state index >= 15 is 0 Å². The molecule has 0 spiro atoms. The zero-order valence-electron chi connectivity index (χ0n) is 15.3. The molecule has 0 bridgehead atoms. The van der Waals surface area contributed by atoms with Crippen LogP contribution < -0.4 is 10.6 Å². The lowest BCUT2D eigenvalue weighted by Crippen LogP contribution is -2.42. The van der Waals surface area contributed by atoms with Crippen LogP contribution in [0.1, 0.15) is 71.1 Å². The highest BCUT2D eigenvalue weighted by Crippen LogP contribution is 2.60. The number of hydrogen-bond donors (Lipinski definition) is 3. The summed E-state index contributed by atoms with van der Waals surface area (Å²) in [5.74, 6) is 1.97. The molecular weight excluding hydrogens is 413 g/mol. The minimum atomic E-state index is 0. The number of rotatable bonds is 8. The second-order valence-electron chi connectivity index (χ2n) is 8.22. The van der Waals surface area contributed by atoms with Gasteiger partial charge in [0.25, 0.3) is 0 Å². The first-order valence-electron chi connectivity index (χ1n) is 9.85. The minimum Gasteiger partial charge on any atom is -0.396 e. The van der Waals surface area contributed by atoms with Gasteiger partial charge in [-0.2, -0.15) is 0 Å². The van der Waals surface area contributed by atoms with E-state index in [1.807, 2.05) is 0 Å². The maximum Gasteiger partial charge on any atom is 0.191 e. The van der Waals surface area contributed by atoms with Crippen LogP contribution >= 0.6 is 24.0 Å². The summed E-state index contributed by atoms with van der Waals surface area (Å²) in [5, 5.41) is 16.5. The molecule has 3 N–H and O–H groups in total. The average molecular weight is 449 g/mol. The van der Waals surface area contributed by atoms with Crippen molar-refractivity contribution >= 4 is 29.9 Å². The largest absolute Gasteiger partial charge is 0.396 e. The smallest absolute Gasteiger partial charge is 0.191 e. The lowest BCUT2D eigenvalue weighted by molar-refractivity contribution is 0.137. The third kappa shape index (κ3) is 5.23. The van der Waals surface area contributed by atoms with Crippen LogP contribution in [-0.2, 0) is 0 Å². The van der Waals surface area contributed by atoms with Gasteiger partial charge in [0.15, 0.2) is 5.96 Å². The van der Waals surface area contributed by atoms with Gasteiger partial charge in [0.05, 0.1) is 0 Å². The van der Waals surface area contributed by atoms with Gasteiger partial charge in [0, 0.05) is 26.2 Å². The molecule has 3 fully saturated rings. The maximum absolute atomic E-state index is 9.46. The molecule has 0 saturated heterocycles. The predicted molar refractivity (Wildman–Crippen MR) is 111 cm³/mol. The van der Waals surface area contributed by atoms with Gasteiger partial charge in [-0.1, -0.05) is 19.3 Å². The Kier molecular flexibility index (Phi) is 7.65. The molecule has 0 heterocycles. The minimum absolute atomic E-state index is 0. The van der Waals surface area contributed by atoms with E-state index in [4.69, 9.17) is 4.99 Å². The monoisotopic (exact) mass is 449 g/mol. The number of aliphatic imine (C=N–C) groups is 1. The fraction of sp³-hybridized carbons (Fsp3) is 0.947. The van der Waals surface area contributed by atoms with Crippen LogP contribution in [-0.4, -0.2) is 37.3 Å². The van der Waals surface area contributed by atoms with Crippen molar-refractivity contribution in [3.05, 3.63) is 0 Å². The van der Waals surface area contributed by atoms with Crippen LogP contribution in [0.15, 0.2) is 4.99 Å². The molecule has 3 aliphatic carbocycles. The fourth-order valence-corrected chi connectivity index (χ4v) is 4.46. The molecule has 4 nitrogen and oxygen atoms in total. The van der Waals surface area contributed by atoms with Crippen molar-refractivity contribution < 1.29 is 5.11 Å². The number of halogens is 1. The summed E-state index contributed by atoms with van der Waals surface area (Å²) >= 11 is 0. The third-order valence-corrected chi connectivity index (χ3v) is 6.42. The molecular formula is C19H36IN3O. The highest BCUT2D eigenvalue weighted by atomic mass is 127. The van der Waals surface area contributed by atoms with E-state index in [-0.39, 0.29) is 29.4 Å². The van der Waals surface area contributed by atoms with E-state index < -0.39 is 0 Å². The van der Waals surface area contributed by atoms with Gasteiger partial charge in [-0.3, -0.25) is 4.99 Å². The summed E-state index contributed by atoms with van der Waals surface area (Å²) in [5.41, 5.74) is 0.840. The van der Waals surface area contributed by atoms with Crippen LogP contribution in [0.4, 0.5) is 0 Å². The van der Waals surface area contributed by atoms with Crippen molar-refractivity contribution in [2.45, 2.75) is 71.1 Å². The molecule has 140 valence electrons. The first-order valence-corrected chi connectivity index (χ1v) is 9.85. The fourth-order valence-electron chi connectivity index (χ4n) is 4.46. The summed E-state index contributed by atoms with van der Waals surface area (Å²) in [7, 11) is 0. The van der Waals surface area contributed by atoms with Gasteiger partial charge in [-0.15, -0.1) is 24.0 Å². The topological polar surface area (TPSA) is 56.7 Å². The molecule has 0 unspecified atom stereocenters. The summed E-state index contributed by atoms with van der Waals surface area (Å²) in [6.07, 6.45) is 13.0. The Labute approximate surface area is 164 Å². The normalized spacial score (nSPS) is 24.8. The first kappa shape index (κ1) is 20.3. The summed E-state index contributed by atoms with van der Waals surface area (Å²) < 4.78 is 0. The molecule has 0 aromatic carbocycles. The highest BCUT2D eigenvalue weighted by molar-refractivity contribution is 14.0. The van der Waals surface area contributed by atoms with Gasteiger partial charge in [0.1, 0.15) is 0 Å². The predicted octanol–water partition coefficient (Wildman–Crippen LogP) is 3.68. The Balaban J connectivity index is 0.00000208. The standard InChI is InChI=1S/C19H35N3O.HI/c1-2-20-17(22-15-19(10-11-19)16-6-7-16)21-14-18(12-13-23)8-4-3-5-9-18;/h16,23H,2-15H2,1H3,(H2,20,21,22);1H. The van der Waals surface area contributed by atoms with Crippen LogP contribution in [0.25, 0.3) is 0 Å². The van der Waals surface area contributed by atoms with Gasteiger partial charge < -0.3 is 15.7 Å². The summed E-state index contributed by atoms with van der Waals surface area (Å²) in [4.78, 5) is 4.92. The summed E-state index contributed by atoms with van der Waals surface area (Å²) in [6.45, 7) is 5.30. The second kappa shape index (κ2) is 9.06. The molecule has 3 saturated carbocycles. The van der Waals surface area contributed by atoms with Gasteiger partial charge in [-0.05, 0) is 68.6 Å². The third-order valence-electron chi connectivity index (χ3n) is 6.42. The van der Waals surface area contributed by atoms with Crippen molar-refractivity contribution in [3.63, 3.8) is 0 Å². The molecule has 0 aromatic rings. The lowest BCUT2D eigenvalue weighted by Gasteiger charge is -2.35. The molecule has 0 atom stereocenters. The molecule has 24 heavy (non-hydrogen) atoms. The lowest BCUT2D eigenvalue weighted by atomic mass is 9.72.